The molecule has 0 radical (unpaired) electrons. The van der Waals surface area contributed by atoms with E-state index in [4.69, 9.17) is 45.8 Å². The van der Waals surface area contributed by atoms with E-state index in [0.717, 1.165) is 30.4 Å². The van der Waals surface area contributed by atoms with Gasteiger partial charge in [-0.25, -0.2) is 9.59 Å². The van der Waals surface area contributed by atoms with Gasteiger partial charge in [0.1, 0.15) is 51.7 Å². The molecule has 6 N–H and O–H groups in total. The number of methoxy groups -OCH3 is 2. The number of unbranched alkanes of at least 4 members (excludes halogenated alkanes) is 1. The lowest BCUT2D eigenvalue weighted by Gasteiger charge is -2.41. The number of hydrogen-bond donors (Lipinski definition) is 5. The van der Waals surface area contributed by atoms with Crippen molar-refractivity contribution in [3.05, 3.63) is 74.8 Å². The van der Waals surface area contributed by atoms with Crippen LogP contribution in [0.25, 0.3) is 0 Å². The number of Topliss-reactive ketones (excluding diaryl/α,β-unsaturated/α-hetero) is 2. The fourth-order valence-electron chi connectivity index (χ4n) is 11.2. The summed E-state index contributed by atoms with van der Waals surface area (Å²) in [6.45, 7) is 13.0. The fourth-order valence-corrected chi connectivity index (χ4v) is 12.1. The van der Waals surface area contributed by atoms with Gasteiger partial charge in [0.2, 0.25) is 11.8 Å². The van der Waals surface area contributed by atoms with Gasteiger partial charge in [-0.15, -0.1) is 0 Å². The molecule has 4 aliphatic rings. The molecule has 1 saturated carbocycles. The number of esters is 2. The van der Waals surface area contributed by atoms with Crippen LogP contribution in [0.5, 0.6) is 5.75 Å². The van der Waals surface area contributed by atoms with Crippen LogP contribution in [0.2, 0.25) is 5.02 Å². The molecule has 4 bridgehead atoms. The Kier molecular flexibility index (Phi) is 23.6. The number of amides is 5. The summed E-state index contributed by atoms with van der Waals surface area (Å²) in [6, 6.07) is 6.65. The number of ether oxygens (including phenoxy) is 6. The van der Waals surface area contributed by atoms with Crippen molar-refractivity contribution in [3.8, 4) is 5.75 Å². The Morgan fingerprint density at radius 3 is 2.42 bits per heavy atom. The van der Waals surface area contributed by atoms with Crippen LogP contribution in [0.1, 0.15) is 143 Å². The van der Waals surface area contributed by atoms with Gasteiger partial charge in [0.15, 0.2) is 5.78 Å². The number of fused-ring (bicyclic) bond motifs is 5. The molecule has 84 heavy (non-hydrogen) atoms. The van der Waals surface area contributed by atoms with Crippen molar-refractivity contribution in [2.75, 3.05) is 38.0 Å². The van der Waals surface area contributed by atoms with E-state index in [0.29, 0.717) is 53.6 Å². The summed E-state index contributed by atoms with van der Waals surface area (Å²) in [5.41, 5.74) is 4.50. The van der Waals surface area contributed by atoms with E-state index in [2.05, 4.69) is 31.9 Å². The van der Waals surface area contributed by atoms with E-state index in [9.17, 15) is 43.5 Å². The molecular weight excluding hydrogens is 1170 g/mol. The van der Waals surface area contributed by atoms with Crippen molar-refractivity contribution in [2.24, 2.45) is 29.4 Å². The van der Waals surface area contributed by atoms with Crippen molar-refractivity contribution in [1.82, 2.24) is 10.6 Å². The molecule has 5 amide bonds. The zero-order chi connectivity index (χ0) is 61.8. The Hall–Kier alpha value is -5.87. The third-order valence-corrected chi connectivity index (χ3v) is 17.7. The Morgan fingerprint density at radius 2 is 1.77 bits per heavy atom. The molecule has 2 saturated heterocycles. The van der Waals surface area contributed by atoms with Gasteiger partial charge < -0.3 is 54.8 Å². The average Bonchev–Trinajstić information content (AvgIpc) is 1.75. The highest BCUT2D eigenvalue weighted by Gasteiger charge is 2.64. The third kappa shape index (κ3) is 18.1. The van der Waals surface area contributed by atoms with Gasteiger partial charge in [0.25, 0.3) is 0 Å². The number of nitrogens with one attached hydrogen (secondary N) is 3. The predicted octanol–water partition coefficient (Wildman–Crippen LogP) is 9.34. The molecule has 462 valence electrons. The number of benzene rings is 2. The first-order valence-electron chi connectivity index (χ1n) is 29.0. The second-order valence-corrected chi connectivity index (χ2v) is 25.4. The summed E-state index contributed by atoms with van der Waals surface area (Å²) in [7, 11) is 4.48. The smallest absolute Gasteiger partial charge is 0.412 e. The number of aliphatic hydroxyl groups is 1. The molecule has 1 aliphatic carbocycles. The standard InChI is InChI=1S/C62H85BrClN5O15/c1-35(2)42(31-41(70)19-11-12-24-60(5,6)84-57(75)40-17-14-18-40)56(74)67-45(20-15-25-66-58(65)76)47(71)29-38-22-23-44(43(63)27-38)68-59(77)82-51-32-52(72)69(8)46-28-39(30-48(79-9)54(46)64)26-36(3)16-13-21-50(80-10)62(78)33-49(81-53(73)34-62)37(4)55-61(51,7)83-55/h13,16,21-23,27-28,30,35,37,40,42,45,49-51,55,78H,11-12,14-15,17-20,24-26,29,31-34H2,1-10H3,(H,67,74)(H,68,77)(H3,65,66,76)/b21-13+,36-16+/t37-,42+,45+,49+,50-,51+,55+,61+,62-/m1/s1. The minimum atomic E-state index is -1.64. The van der Waals surface area contributed by atoms with Crippen LogP contribution in [0, 0.1) is 23.7 Å². The first kappa shape index (κ1) is 67.3. The van der Waals surface area contributed by atoms with Gasteiger partial charge in [0.05, 0.1) is 49.4 Å². The molecule has 20 nitrogen and oxygen atoms in total. The molecule has 3 heterocycles. The van der Waals surface area contributed by atoms with Crippen LogP contribution in [0.3, 0.4) is 0 Å². The lowest BCUT2D eigenvalue weighted by atomic mass is 9.78. The summed E-state index contributed by atoms with van der Waals surface area (Å²) in [6.07, 6.45) is 5.49. The maximum absolute atomic E-state index is 14.5. The number of ketones is 2. The summed E-state index contributed by atoms with van der Waals surface area (Å²) in [4.78, 5) is 108. The third-order valence-electron chi connectivity index (χ3n) is 16.7. The maximum Gasteiger partial charge on any atom is 0.412 e. The zero-order valence-electron chi connectivity index (χ0n) is 50.1. The largest absolute Gasteiger partial charge is 0.495 e. The number of primary amides is 1. The fraction of sp³-hybridized carbons (Fsp3) is 0.613. The summed E-state index contributed by atoms with van der Waals surface area (Å²) < 4.78 is 35.8. The number of hydrogen-bond acceptors (Lipinski definition) is 15. The number of nitrogens with two attached hydrogens (primary N) is 1. The molecule has 2 aromatic carbocycles. The molecule has 6 rings (SSSR count). The summed E-state index contributed by atoms with van der Waals surface area (Å²) in [5.74, 6) is -3.39. The summed E-state index contributed by atoms with van der Waals surface area (Å²) >= 11 is 10.4. The van der Waals surface area contributed by atoms with Crippen LogP contribution in [0.15, 0.2) is 58.6 Å². The van der Waals surface area contributed by atoms with E-state index < -0.39 is 89.0 Å². The average molecular weight is 1260 g/mol. The first-order valence-corrected chi connectivity index (χ1v) is 30.2. The van der Waals surface area contributed by atoms with Crippen LogP contribution in [0.4, 0.5) is 21.0 Å². The second-order valence-electron chi connectivity index (χ2n) is 24.2. The molecule has 0 unspecified atom stereocenters. The molecule has 0 aromatic heterocycles. The quantitative estimate of drug-likeness (QED) is 0.0300. The Bertz CT molecular complexity index is 2820. The normalized spacial score (nSPS) is 25.5. The molecule has 22 heteroatoms. The highest BCUT2D eigenvalue weighted by Crippen LogP contribution is 2.50. The number of rotatable bonds is 23. The van der Waals surface area contributed by atoms with E-state index in [-0.39, 0.29) is 91.6 Å². The number of anilines is 2. The van der Waals surface area contributed by atoms with E-state index >= 15 is 0 Å². The van der Waals surface area contributed by atoms with Gasteiger partial charge >= 0.3 is 24.1 Å². The zero-order valence-corrected chi connectivity index (χ0v) is 52.4. The van der Waals surface area contributed by atoms with Crippen LogP contribution < -0.4 is 31.3 Å². The highest BCUT2D eigenvalue weighted by atomic mass is 79.9. The number of urea groups is 1. The van der Waals surface area contributed by atoms with E-state index in [1.165, 1.54) is 19.1 Å². The molecular formula is C62H85BrClN5O15. The highest BCUT2D eigenvalue weighted by molar-refractivity contribution is 9.10. The van der Waals surface area contributed by atoms with Crippen LogP contribution in [-0.4, -0.2) is 128 Å². The number of halogens is 2. The summed E-state index contributed by atoms with van der Waals surface area (Å²) in [5, 5.41) is 20.4. The number of epoxide rings is 1. The Balaban J connectivity index is 1.15. The van der Waals surface area contributed by atoms with Gasteiger partial charge in [0, 0.05) is 62.7 Å². The van der Waals surface area contributed by atoms with Gasteiger partial charge in [-0.05, 0) is 136 Å². The number of nitrogens with zero attached hydrogens (tertiary/aromatic N) is 1. The number of allylic oxidation sites excluding steroid dienone is 3. The predicted molar refractivity (Wildman–Crippen MR) is 319 cm³/mol. The monoisotopic (exact) mass is 1250 g/mol. The minimum absolute atomic E-state index is 0.00291. The number of carbonyl (C=O) groups excluding carboxylic acids is 8. The Labute approximate surface area is 506 Å². The van der Waals surface area contributed by atoms with Crippen molar-refractivity contribution in [3.63, 3.8) is 0 Å². The van der Waals surface area contributed by atoms with Crippen molar-refractivity contribution >= 4 is 86.3 Å². The maximum atomic E-state index is 14.5. The van der Waals surface area contributed by atoms with Gasteiger partial charge in [-0.1, -0.05) is 68.7 Å². The SMILES string of the molecule is COc1cc2cc(c1Cl)N(C)C(=O)C[C@H](OC(=O)Nc1ccc(CC(=O)[C@H](CCCNC(N)=O)NC(=O)[C@@H](CC(=O)CCCCC(C)(C)OC(=O)C3CCC3)C(C)C)cc1Br)[C@]1(C)O[C@H]1[C@H](C)[C@@H]1C[C@@](O)(CC(=O)O1)[C@H](OC)/C=C/C=C(\C)C2. The van der Waals surface area contributed by atoms with Crippen LogP contribution in [-0.2, 0) is 65.3 Å². The van der Waals surface area contributed by atoms with Gasteiger partial charge in [-0.3, -0.25) is 34.1 Å². The van der Waals surface area contributed by atoms with E-state index in [1.54, 1.807) is 63.4 Å². The van der Waals surface area contributed by atoms with Gasteiger partial charge in [-0.2, -0.15) is 0 Å². The Morgan fingerprint density at radius 1 is 1.05 bits per heavy atom. The number of carbonyl (C=O) groups is 8. The molecule has 3 fully saturated rings. The van der Waals surface area contributed by atoms with Crippen molar-refractivity contribution in [1.29, 1.82) is 0 Å². The molecule has 0 spiro atoms. The molecule has 3 aliphatic heterocycles. The second kappa shape index (κ2) is 29.5. The lowest BCUT2D eigenvalue weighted by molar-refractivity contribution is -0.187. The molecule has 9 atom stereocenters. The molecule has 2 aromatic rings. The topological polar surface area (TPSA) is 281 Å². The van der Waals surface area contributed by atoms with E-state index in [1.807, 2.05) is 40.7 Å². The first-order chi connectivity index (χ1) is 39.6. The lowest BCUT2D eigenvalue weighted by Crippen LogP contribution is -2.53. The van der Waals surface area contributed by atoms with Crippen molar-refractivity contribution < 1.29 is 71.9 Å². The minimum Gasteiger partial charge on any atom is -0.495 e. The van der Waals surface area contributed by atoms with Crippen LogP contribution >= 0.6 is 27.5 Å². The van der Waals surface area contributed by atoms with Crippen molar-refractivity contribution in [2.45, 2.75) is 192 Å².